The Bertz CT molecular complexity index is 226. The first-order valence-electron chi connectivity index (χ1n) is 5.08. The number of nitrogens with zero attached hydrogens (tertiary/aromatic N) is 1. The average molecular weight is 195 g/mol. The van der Waals surface area contributed by atoms with E-state index in [9.17, 15) is 0 Å². The fourth-order valence-corrected chi connectivity index (χ4v) is 1.18. The van der Waals surface area contributed by atoms with Crippen molar-refractivity contribution in [1.82, 2.24) is 4.98 Å². The SMILES string of the molecule is OCCCCCCOc1ccccn1. The molecule has 0 unspecified atom stereocenters. The van der Waals surface area contributed by atoms with Crippen molar-refractivity contribution < 1.29 is 9.84 Å². The van der Waals surface area contributed by atoms with E-state index < -0.39 is 0 Å². The van der Waals surface area contributed by atoms with Gasteiger partial charge in [-0.25, -0.2) is 4.98 Å². The maximum Gasteiger partial charge on any atom is 0.213 e. The van der Waals surface area contributed by atoms with Crippen molar-refractivity contribution in [3.63, 3.8) is 0 Å². The van der Waals surface area contributed by atoms with E-state index in [1.54, 1.807) is 6.20 Å². The van der Waals surface area contributed by atoms with Gasteiger partial charge in [-0.3, -0.25) is 0 Å². The van der Waals surface area contributed by atoms with Crippen LogP contribution in [-0.4, -0.2) is 23.3 Å². The van der Waals surface area contributed by atoms with Gasteiger partial charge in [-0.1, -0.05) is 12.5 Å². The highest BCUT2D eigenvalue weighted by Crippen LogP contribution is 2.05. The summed E-state index contributed by atoms with van der Waals surface area (Å²) < 4.78 is 5.41. The zero-order valence-corrected chi connectivity index (χ0v) is 8.35. The monoisotopic (exact) mass is 195 g/mol. The summed E-state index contributed by atoms with van der Waals surface area (Å²) in [5.74, 6) is 0.689. The quantitative estimate of drug-likeness (QED) is 0.677. The summed E-state index contributed by atoms with van der Waals surface area (Å²) in [5, 5.41) is 8.56. The Labute approximate surface area is 84.7 Å². The molecule has 0 aliphatic carbocycles. The van der Waals surface area contributed by atoms with E-state index in [0.29, 0.717) is 19.1 Å². The molecular weight excluding hydrogens is 178 g/mol. The van der Waals surface area contributed by atoms with E-state index in [4.69, 9.17) is 9.84 Å². The molecule has 0 amide bonds. The molecule has 78 valence electrons. The van der Waals surface area contributed by atoms with Crippen LogP contribution in [0.4, 0.5) is 0 Å². The largest absolute Gasteiger partial charge is 0.478 e. The lowest BCUT2D eigenvalue weighted by Crippen LogP contribution is -1.98. The van der Waals surface area contributed by atoms with Gasteiger partial charge < -0.3 is 9.84 Å². The van der Waals surface area contributed by atoms with Crippen molar-refractivity contribution in [2.75, 3.05) is 13.2 Å². The molecule has 1 heterocycles. The van der Waals surface area contributed by atoms with E-state index >= 15 is 0 Å². The smallest absolute Gasteiger partial charge is 0.213 e. The third-order valence-corrected chi connectivity index (χ3v) is 1.94. The Kier molecular flexibility index (Phi) is 5.75. The zero-order valence-electron chi connectivity index (χ0n) is 8.35. The third kappa shape index (κ3) is 4.82. The standard InChI is InChI=1S/C11H17NO2/c13-9-5-1-2-6-10-14-11-7-3-4-8-12-11/h3-4,7-8,13H,1-2,5-6,9-10H2. The van der Waals surface area contributed by atoms with Gasteiger partial charge in [0.05, 0.1) is 6.61 Å². The van der Waals surface area contributed by atoms with Gasteiger partial charge in [0.2, 0.25) is 5.88 Å². The lowest BCUT2D eigenvalue weighted by atomic mass is 10.2. The molecular formula is C11H17NO2. The third-order valence-electron chi connectivity index (χ3n) is 1.94. The van der Waals surface area contributed by atoms with Gasteiger partial charge in [-0.15, -0.1) is 0 Å². The highest BCUT2D eigenvalue weighted by atomic mass is 16.5. The Hall–Kier alpha value is -1.09. The molecule has 1 aromatic heterocycles. The molecule has 0 saturated heterocycles. The minimum Gasteiger partial charge on any atom is -0.478 e. The fourth-order valence-electron chi connectivity index (χ4n) is 1.18. The van der Waals surface area contributed by atoms with Crippen LogP contribution in [0.25, 0.3) is 0 Å². The van der Waals surface area contributed by atoms with Crippen molar-refractivity contribution in [2.24, 2.45) is 0 Å². The van der Waals surface area contributed by atoms with E-state index in [2.05, 4.69) is 4.98 Å². The van der Waals surface area contributed by atoms with Crippen LogP contribution < -0.4 is 4.74 Å². The molecule has 14 heavy (non-hydrogen) atoms. The fraction of sp³-hybridized carbons (Fsp3) is 0.545. The van der Waals surface area contributed by atoms with Crippen LogP contribution in [0, 0.1) is 0 Å². The van der Waals surface area contributed by atoms with Crippen LogP contribution in [0.3, 0.4) is 0 Å². The van der Waals surface area contributed by atoms with Crippen LogP contribution in [0.15, 0.2) is 24.4 Å². The summed E-state index contributed by atoms with van der Waals surface area (Å²) in [6, 6.07) is 5.63. The number of rotatable bonds is 7. The Morgan fingerprint density at radius 3 is 2.71 bits per heavy atom. The molecule has 0 aliphatic heterocycles. The number of ether oxygens (including phenoxy) is 1. The topological polar surface area (TPSA) is 42.4 Å². The summed E-state index contributed by atoms with van der Waals surface area (Å²) in [7, 11) is 0. The van der Waals surface area contributed by atoms with Crippen molar-refractivity contribution in [2.45, 2.75) is 25.7 Å². The van der Waals surface area contributed by atoms with Gasteiger partial charge in [0.1, 0.15) is 0 Å². The molecule has 0 aliphatic rings. The number of aliphatic hydroxyl groups excluding tert-OH is 1. The summed E-state index contributed by atoms with van der Waals surface area (Å²) in [6.07, 6.45) is 5.82. The second-order valence-corrected chi connectivity index (χ2v) is 3.15. The number of aromatic nitrogens is 1. The van der Waals surface area contributed by atoms with Crippen molar-refractivity contribution in [1.29, 1.82) is 0 Å². The summed E-state index contributed by atoms with van der Waals surface area (Å²) in [6.45, 7) is 1.00. The highest BCUT2D eigenvalue weighted by molar-refractivity contribution is 5.08. The Morgan fingerprint density at radius 1 is 1.14 bits per heavy atom. The molecule has 0 fully saturated rings. The average Bonchev–Trinajstić information content (AvgIpc) is 2.25. The van der Waals surface area contributed by atoms with Gasteiger partial charge in [0.25, 0.3) is 0 Å². The summed E-state index contributed by atoms with van der Waals surface area (Å²) in [4.78, 5) is 4.05. The van der Waals surface area contributed by atoms with Gasteiger partial charge in [-0.2, -0.15) is 0 Å². The molecule has 0 spiro atoms. The number of unbranched alkanes of at least 4 members (excludes halogenated alkanes) is 3. The van der Waals surface area contributed by atoms with Crippen molar-refractivity contribution in [3.05, 3.63) is 24.4 Å². The second kappa shape index (κ2) is 7.33. The first-order valence-corrected chi connectivity index (χ1v) is 5.08. The molecule has 0 aromatic carbocycles. The van der Waals surface area contributed by atoms with Crippen molar-refractivity contribution >= 4 is 0 Å². The maximum atomic E-state index is 8.56. The molecule has 0 bridgehead atoms. The molecule has 3 heteroatoms. The van der Waals surface area contributed by atoms with Crippen LogP contribution in [0.1, 0.15) is 25.7 Å². The Morgan fingerprint density at radius 2 is 2.00 bits per heavy atom. The predicted octanol–water partition coefficient (Wildman–Crippen LogP) is 2.01. The minimum atomic E-state index is 0.293. The summed E-state index contributed by atoms with van der Waals surface area (Å²) in [5.41, 5.74) is 0. The molecule has 0 atom stereocenters. The van der Waals surface area contributed by atoms with E-state index in [-0.39, 0.29) is 0 Å². The lowest BCUT2D eigenvalue weighted by molar-refractivity contribution is 0.270. The lowest BCUT2D eigenvalue weighted by Gasteiger charge is -2.03. The van der Waals surface area contributed by atoms with E-state index in [1.807, 2.05) is 18.2 Å². The number of hydrogen-bond acceptors (Lipinski definition) is 3. The molecule has 1 aromatic rings. The van der Waals surface area contributed by atoms with E-state index in [1.165, 1.54) is 0 Å². The summed E-state index contributed by atoms with van der Waals surface area (Å²) >= 11 is 0. The van der Waals surface area contributed by atoms with Crippen LogP contribution in [0.5, 0.6) is 5.88 Å². The van der Waals surface area contributed by atoms with Crippen LogP contribution in [-0.2, 0) is 0 Å². The zero-order chi connectivity index (χ0) is 10.1. The number of pyridine rings is 1. The van der Waals surface area contributed by atoms with Crippen LogP contribution in [0.2, 0.25) is 0 Å². The minimum absolute atomic E-state index is 0.293. The van der Waals surface area contributed by atoms with Gasteiger partial charge in [-0.05, 0) is 25.3 Å². The van der Waals surface area contributed by atoms with Crippen LogP contribution >= 0.6 is 0 Å². The number of hydrogen-bond donors (Lipinski definition) is 1. The maximum absolute atomic E-state index is 8.56. The highest BCUT2D eigenvalue weighted by Gasteiger charge is 1.93. The Balaban J connectivity index is 1.99. The molecule has 0 saturated carbocycles. The van der Waals surface area contributed by atoms with Crippen molar-refractivity contribution in [3.8, 4) is 5.88 Å². The first-order chi connectivity index (χ1) is 6.93. The van der Waals surface area contributed by atoms with E-state index in [0.717, 1.165) is 25.7 Å². The molecule has 3 nitrogen and oxygen atoms in total. The van der Waals surface area contributed by atoms with Gasteiger partial charge in [0.15, 0.2) is 0 Å². The normalized spacial score (nSPS) is 10.1. The first kappa shape index (κ1) is 11.0. The molecule has 0 radical (unpaired) electrons. The van der Waals surface area contributed by atoms with Gasteiger partial charge >= 0.3 is 0 Å². The second-order valence-electron chi connectivity index (χ2n) is 3.15. The number of aliphatic hydroxyl groups is 1. The van der Waals surface area contributed by atoms with Gasteiger partial charge in [0, 0.05) is 18.9 Å². The molecule has 1 rings (SSSR count). The predicted molar refractivity (Wildman–Crippen MR) is 55.3 cm³/mol. The molecule has 1 N–H and O–H groups in total.